The molecule has 3 amide bonds. The van der Waals surface area contributed by atoms with Gasteiger partial charge in [-0.2, -0.15) is 18.3 Å². The van der Waals surface area contributed by atoms with Crippen molar-refractivity contribution in [2.45, 2.75) is 70.3 Å². The van der Waals surface area contributed by atoms with Gasteiger partial charge >= 0.3 is 12.3 Å². The molecule has 5 rings (SSSR count). The van der Waals surface area contributed by atoms with Crippen LogP contribution in [0.2, 0.25) is 0 Å². The fraction of sp³-hybridized carbons (Fsp3) is 0.333. The zero-order valence-corrected chi connectivity index (χ0v) is 25.2. The molecule has 3 atom stereocenters. The number of hydrogen-bond donors (Lipinski definition) is 3. The van der Waals surface area contributed by atoms with Gasteiger partial charge in [0.2, 0.25) is 5.91 Å². The zero-order chi connectivity index (χ0) is 32.5. The molecule has 0 saturated carbocycles. The molecule has 1 aliphatic carbocycles. The van der Waals surface area contributed by atoms with E-state index >= 15 is 0 Å². The van der Waals surface area contributed by atoms with Gasteiger partial charge in [-0.3, -0.25) is 9.59 Å². The minimum atomic E-state index is -4.64. The number of allylic oxidation sites excluding steroid dienone is 4. The molecule has 1 aromatic heterocycles. The van der Waals surface area contributed by atoms with Gasteiger partial charge in [0.25, 0.3) is 5.91 Å². The van der Waals surface area contributed by atoms with Crippen LogP contribution in [-0.4, -0.2) is 39.3 Å². The van der Waals surface area contributed by atoms with Gasteiger partial charge in [0.05, 0.1) is 17.8 Å². The second-order valence-corrected chi connectivity index (χ2v) is 12.0. The summed E-state index contributed by atoms with van der Waals surface area (Å²) in [7, 11) is 0. The SMILES string of the molecule is C[C@H](NC(=O)OC(C)(C)C)c1cccc([C@@H]2c3cnn(C4=CC=CCC4)c3NC(=O)[C@H]2NC(=O)c2cccc(C(F)(F)F)c2)c1. The Morgan fingerprint density at radius 2 is 1.87 bits per heavy atom. The van der Waals surface area contributed by atoms with Crippen LogP contribution in [0.15, 0.2) is 73.0 Å². The Labute approximate surface area is 258 Å². The molecule has 0 spiro atoms. The van der Waals surface area contributed by atoms with Crippen LogP contribution in [0.1, 0.15) is 85.1 Å². The molecule has 0 unspecified atom stereocenters. The van der Waals surface area contributed by atoms with E-state index in [2.05, 4.69) is 21.0 Å². The van der Waals surface area contributed by atoms with Gasteiger partial charge in [-0.05, 0) is 75.9 Å². The van der Waals surface area contributed by atoms with Crippen LogP contribution in [0.4, 0.5) is 23.8 Å². The highest BCUT2D eigenvalue weighted by Gasteiger charge is 2.41. The largest absolute Gasteiger partial charge is 0.444 e. The number of anilines is 1. The highest BCUT2D eigenvalue weighted by atomic mass is 19.4. The molecule has 12 heteroatoms. The molecule has 2 aromatic carbocycles. The quantitative estimate of drug-likeness (QED) is 0.289. The fourth-order valence-corrected chi connectivity index (χ4v) is 5.40. The Bertz CT molecular complexity index is 1690. The van der Waals surface area contributed by atoms with Crippen molar-refractivity contribution in [3.63, 3.8) is 0 Å². The number of amides is 3. The van der Waals surface area contributed by atoms with E-state index in [0.29, 0.717) is 28.9 Å². The van der Waals surface area contributed by atoms with Crippen LogP contribution in [0.25, 0.3) is 5.70 Å². The maximum atomic E-state index is 13.7. The molecule has 2 aliphatic rings. The Hall–Kier alpha value is -4.87. The molecular weight excluding hydrogens is 587 g/mol. The zero-order valence-electron chi connectivity index (χ0n) is 25.2. The number of fused-ring (bicyclic) bond motifs is 1. The van der Waals surface area contributed by atoms with Crippen LogP contribution in [0.5, 0.6) is 0 Å². The van der Waals surface area contributed by atoms with Crippen LogP contribution in [0, 0.1) is 0 Å². The van der Waals surface area contributed by atoms with Crippen LogP contribution >= 0.6 is 0 Å². The predicted octanol–water partition coefficient (Wildman–Crippen LogP) is 6.56. The fourth-order valence-electron chi connectivity index (χ4n) is 5.40. The molecular formula is C33H34F3N5O4. The van der Waals surface area contributed by atoms with E-state index in [1.807, 2.05) is 30.4 Å². The Balaban J connectivity index is 1.52. The molecule has 0 radical (unpaired) electrons. The Morgan fingerprint density at radius 3 is 2.56 bits per heavy atom. The highest BCUT2D eigenvalue weighted by Crippen LogP contribution is 2.40. The average Bonchev–Trinajstić information content (AvgIpc) is 3.39. The number of aromatic nitrogens is 2. The van der Waals surface area contributed by atoms with Crippen molar-refractivity contribution in [1.29, 1.82) is 0 Å². The third kappa shape index (κ3) is 7.11. The summed E-state index contributed by atoms with van der Waals surface area (Å²) in [5.41, 5.74) is 0.928. The summed E-state index contributed by atoms with van der Waals surface area (Å²) in [6.45, 7) is 7.07. The first kappa shape index (κ1) is 31.6. The summed E-state index contributed by atoms with van der Waals surface area (Å²) in [4.78, 5) is 39.5. The molecule has 1 aliphatic heterocycles. The lowest BCUT2D eigenvalue weighted by Gasteiger charge is -2.33. The smallest absolute Gasteiger partial charge is 0.416 e. The topological polar surface area (TPSA) is 114 Å². The second-order valence-electron chi connectivity index (χ2n) is 12.0. The van der Waals surface area contributed by atoms with Crippen LogP contribution in [-0.2, 0) is 15.7 Å². The summed E-state index contributed by atoms with van der Waals surface area (Å²) in [6, 6.07) is 9.56. The molecule has 0 saturated heterocycles. The van der Waals surface area contributed by atoms with Gasteiger partial charge in [-0.1, -0.05) is 42.5 Å². The lowest BCUT2D eigenvalue weighted by atomic mass is 9.82. The summed E-state index contributed by atoms with van der Waals surface area (Å²) >= 11 is 0. The third-order valence-electron chi connectivity index (χ3n) is 7.50. The van der Waals surface area contributed by atoms with Crippen molar-refractivity contribution in [3.8, 4) is 0 Å². The second kappa shape index (κ2) is 12.3. The van der Waals surface area contributed by atoms with Crippen LogP contribution < -0.4 is 16.0 Å². The van der Waals surface area contributed by atoms with E-state index in [1.165, 1.54) is 6.07 Å². The van der Waals surface area contributed by atoms with Crippen molar-refractivity contribution in [1.82, 2.24) is 20.4 Å². The van der Waals surface area contributed by atoms with E-state index in [0.717, 1.165) is 30.3 Å². The van der Waals surface area contributed by atoms with Crippen molar-refractivity contribution in [2.75, 3.05) is 5.32 Å². The van der Waals surface area contributed by atoms with E-state index in [9.17, 15) is 27.6 Å². The Morgan fingerprint density at radius 1 is 1.11 bits per heavy atom. The number of alkyl carbamates (subject to hydrolysis) is 1. The molecule has 9 nitrogen and oxygen atoms in total. The lowest BCUT2D eigenvalue weighted by molar-refractivity contribution is -0.137. The third-order valence-corrected chi connectivity index (χ3v) is 7.50. The number of carbonyl (C=O) groups excluding carboxylic acids is 3. The number of hydrogen-bond acceptors (Lipinski definition) is 5. The summed E-state index contributed by atoms with van der Waals surface area (Å²) in [5, 5.41) is 12.9. The molecule has 0 fully saturated rings. The summed E-state index contributed by atoms with van der Waals surface area (Å²) < 4.78 is 47.2. The van der Waals surface area contributed by atoms with E-state index in [4.69, 9.17) is 4.74 Å². The minimum absolute atomic E-state index is 0.235. The van der Waals surface area contributed by atoms with Gasteiger partial charge in [0.1, 0.15) is 17.5 Å². The van der Waals surface area contributed by atoms with E-state index in [-0.39, 0.29) is 5.56 Å². The standard InChI is InChI=1S/C33H34F3N5O4/c1-19(38-31(44)45-32(2,3)4)20-10-8-11-21(16-20)26-25-18-37-41(24-14-6-5-7-15-24)28(25)40-30(43)27(26)39-29(42)22-12-9-13-23(17-22)33(34,35)36/h5-6,8-14,16-19,26-27H,7,15H2,1-4H3,(H,38,44)(H,39,42)(H,40,43)/t19-,26+,27-/m0/s1. The number of carbonyl (C=O) groups is 3. The van der Waals surface area contributed by atoms with Gasteiger partial charge in [0, 0.05) is 22.7 Å². The first-order valence-electron chi connectivity index (χ1n) is 14.5. The number of rotatable bonds is 6. The number of benzene rings is 2. The van der Waals surface area contributed by atoms with Crippen molar-refractivity contribution < 1.29 is 32.3 Å². The monoisotopic (exact) mass is 621 g/mol. The normalized spacial score (nSPS) is 18.7. The number of halogens is 3. The van der Waals surface area contributed by atoms with Gasteiger partial charge in [-0.25, -0.2) is 9.48 Å². The molecule has 45 heavy (non-hydrogen) atoms. The van der Waals surface area contributed by atoms with Crippen molar-refractivity contribution in [3.05, 3.63) is 101 Å². The first-order valence-corrected chi connectivity index (χ1v) is 14.5. The maximum Gasteiger partial charge on any atom is 0.416 e. The maximum absolute atomic E-state index is 13.7. The number of nitrogens with zero attached hydrogens (tertiary/aromatic N) is 2. The number of nitrogens with one attached hydrogen (secondary N) is 3. The Kier molecular flexibility index (Phi) is 8.59. The van der Waals surface area contributed by atoms with E-state index in [1.54, 1.807) is 50.7 Å². The highest BCUT2D eigenvalue weighted by molar-refractivity contribution is 6.04. The predicted molar refractivity (Wildman–Crippen MR) is 162 cm³/mol. The number of ether oxygens (including phenoxy) is 1. The lowest BCUT2D eigenvalue weighted by Crippen LogP contribution is -2.50. The van der Waals surface area contributed by atoms with E-state index < -0.39 is 53.2 Å². The molecule has 236 valence electrons. The van der Waals surface area contributed by atoms with Crippen molar-refractivity contribution >= 4 is 29.4 Å². The molecule has 3 N–H and O–H groups in total. The van der Waals surface area contributed by atoms with Crippen LogP contribution in [0.3, 0.4) is 0 Å². The molecule has 0 bridgehead atoms. The van der Waals surface area contributed by atoms with Gasteiger partial charge in [-0.15, -0.1) is 0 Å². The summed E-state index contributed by atoms with van der Waals surface area (Å²) in [5.74, 6) is -1.70. The van der Waals surface area contributed by atoms with Gasteiger partial charge in [0.15, 0.2) is 0 Å². The first-order chi connectivity index (χ1) is 21.2. The van der Waals surface area contributed by atoms with Gasteiger partial charge < -0.3 is 20.7 Å². The molecule has 2 heterocycles. The minimum Gasteiger partial charge on any atom is -0.444 e. The summed E-state index contributed by atoms with van der Waals surface area (Å²) in [6.07, 6.45) is 3.73. The molecule has 3 aromatic rings. The average molecular weight is 622 g/mol. The number of alkyl halides is 3. The van der Waals surface area contributed by atoms with Crippen molar-refractivity contribution in [2.24, 2.45) is 0 Å².